The van der Waals surface area contributed by atoms with E-state index in [9.17, 15) is 0 Å². The highest BCUT2D eigenvalue weighted by Gasteiger charge is 2.58. The van der Waals surface area contributed by atoms with E-state index in [1.54, 1.807) is 0 Å². The molecule has 0 radical (unpaired) electrons. The first kappa shape index (κ1) is 17.8. The van der Waals surface area contributed by atoms with Gasteiger partial charge < -0.3 is 14.2 Å². The van der Waals surface area contributed by atoms with E-state index in [0.29, 0.717) is 0 Å². The van der Waals surface area contributed by atoms with Crippen LogP contribution in [0.4, 0.5) is 0 Å². The molecule has 2 aliphatic rings. The lowest BCUT2D eigenvalue weighted by atomic mass is 9.72. The highest BCUT2D eigenvalue weighted by molar-refractivity contribution is 8.03. The van der Waals surface area contributed by atoms with Crippen LogP contribution in [0.2, 0.25) is 0 Å². The number of thioether (sulfide) groups is 1. The summed E-state index contributed by atoms with van der Waals surface area (Å²) in [6.45, 7) is 10.5. The van der Waals surface area contributed by atoms with Crippen molar-refractivity contribution in [1.82, 2.24) is 0 Å². The van der Waals surface area contributed by atoms with Gasteiger partial charge in [-0.25, -0.2) is 0 Å². The van der Waals surface area contributed by atoms with E-state index in [1.165, 1.54) is 11.8 Å². The van der Waals surface area contributed by atoms with Crippen LogP contribution >= 0.6 is 11.8 Å². The summed E-state index contributed by atoms with van der Waals surface area (Å²) in [5.74, 6) is 2.67. The Labute approximate surface area is 149 Å². The largest absolute Gasteiger partial charge is 0.359 e. The lowest BCUT2D eigenvalue weighted by molar-refractivity contribution is -0.178. The average Bonchev–Trinajstić information content (AvgIpc) is 2.89. The van der Waals surface area contributed by atoms with Gasteiger partial charge in [0, 0.05) is 10.3 Å². The molecule has 3 rings (SSSR count). The van der Waals surface area contributed by atoms with Crippen molar-refractivity contribution in [3.8, 4) is 11.2 Å². The number of rotatable bonds is 2. The zero-order chi connectivity index (χ0) is 17.4. The predicted octanol–water partition coefficient (Wildman–Crippen LogP) is 4.46. The number of hydrogen-bond acceptors (Lipinski definition) is 4. The molecule has 4 heteroatoms. The molecule has 1 aromatic carbocycles. The van der Waals surface area contributed by atoms with Crippen molar-refractivity contribution in [3.05, 3.63) is 30.3 Å². The summed E-state index contributed by atoms with van der Waals surface area (Å²) in [5, 5.41) is 3.18. The Morgan fingerprint density at radius 3 is 2.50 bits per heavy atom. The lowest BCUT2D eigenvalue weighted by Crippen LogP contribution is -2.57. The number of benzene rings is 1. The van der Waals surface area contributed by atoms with E-state index in [4.69, 9.17) is 14.2 Å². The molecule has 2 heterocycles. The third kappa shape index (κ3) is 3.36. The van der Waals surface area contributed by atoms with E-state index in [2.05, 4.69) is 44.1 Å². The lowest BCUT2D eigenvalue weighted by Gasteiger charge is -2.47. The van der Waals surface area contributed by atoms with Gasteiger partial charge in [-0.3, -0.25) is 0 Å². The van der Waals surface area contributed by atoms with Gasteiger partial charge in [0.1, 0.15) is 12.2 Å². The molecule has 24 heavy (non-hydrogen) atoms. The molecular formula is C20H26O3S. The van der Waals surface area contributed by atoms with Crippen LogP contribution in [0.3, 0.4) is 0 Å². The summed E-state index contributed by atoms with van der Waals surface area (Å²) in [6.07, 6.45) is 0.644. The van der Waals surface area contributed by atoms with E-state index in [-0.39, 0.29) is 29.8 Å². The summed E-state index contributed by atoms with van der Waals surface area (Å²) in [4.78, 5) is 1.13. The highest BCUT2D eigenvalue weighted by atomic mass is 32.2. The Bertz CT molecular complexity index is 633. The van der Waals surface area contributed by atoms with Crippen molar-refractivity contribution in [2.24, 2.45) is 5.41 Å². The second-order valence-corrected chi connectivity index (χ2v) is 8.12. The van der Waals surface area contributed by atoms with Gasteiger partial charge in [-0.1, -0.05) is 38.0 Å². The summed E-state index contributed by atoms with van der Waals surface area (Å²) in [5.41, 5.74) is -0.0663. The fourth-order valence-electron chi connectivity index (χ4n) is 3.44. The van der Waals surface area contributed by atoms with Gasteiger partial charge in [0.05, 0.1) is 12.2 Å². The van der Waals surface area contributed by atoms with Crippen LogP contribution in [0.15, 0.2) is 35.2 Å². The van der Waals surface area contributed by atoms with Gasteiger partial charge in [0.25, 0.3) is 0 Å². The fraction of sp³-hybridized carbons (Fsp3) is 0.600. The third-order valence-electron chi connectivity index (χ3n) is 5.23. The molecule has 0 N–H and O–H groups in total. The Morgan fingerprint density at radius 2 is 1.83 bits per heavy atom. The maximum Gasteiger partial charge on any atom is 0.163 e. The molecule has 2 fully saturated rings. The average molecular weight is 346 g/mol. The summed E-state index contributed by atoms with van der Waals surface area (Å²) in [6, 6.07) is 10.1. The molecule has 3 nitrogen and oxygen atoms in total. The highest BCUT2D eigenvalue weighted by Crippen LogP contribution is 2.48. The summed E-state index contributed by atoms with van der Waals surface area (Å²) in [7, 11) is 0. The van der Waals surface area contributed by atoms with Crippen LogP contribution < -0.4 is 0 Å². The monoisotopic (exact) mass is 346 g/mol. The van der Waals surface area contributed by atoms with Crippen LogP contribution in [-0.4, -0.2) is 30.2 Å². The second kappa shape index (κ2) is 6.72. The van der Waals surface area contributed by atoms with Gasteiger partial charge in [-0.05, 0) is 56.3 Å². The first-order valence-corrected chi connectivity index (χ1v) is 9.41. The van der Waals surface area contributed by atoms with E-state index >= 15 is 0 Å². The molecule has 130 valence electrons. The van der Waals surface area contributed by atoms with Crippen LogP contribution in [0.25, 0.3) is 0 Å². The molecule has 0 saturated carbocycles. The zero-order valence-corrected chi connectivity index (χ0v) is 15.9. The minimum Gasteiger partial charge on any atom is -0.359 e. The number of hydrogen-bond donors (Lipinski definition) is 0. The van der Waals surface area contributed by atoms with Gasteiger partial charge in [0.15, 0.2) is 5.79 Å². The summed E-state index contributed by atoms with van der Waals surface area (Å²) >= 11 is 1.52. The molecule has 2 unspecified atom stereocenters. The van der Waals surface area contributed by atoms with Crippen molar-refractivity contribution < 1.29 is 14.2 Å². The predicted molar refractivity (Wildman–Crippen MR) is 96.6 cm³/mol. The molecular weight excluding hydrogens is 320 g/mol. The van der Waals surface area contributed by atoms with Crippen LogP contribution in [0, 0.1) is 16.6 Å². The molecule has 0 aliphatic carbocycles. The van der Waals surface area contributed by atoms with Crippen LogP contribution in [0.1, 0.15) is 41.0 Å². The second-order valence-electron chi connectivity index (χ2n) is 7.24. The standard InChI is InChI=1S/C20H26O3S/c1-6-20(5)14(2)21-16(17-18(20)23-19(3,4)22-17)12-13-24-15-10-8-7-9-11-15/h7-11,14,16-18H,6H2,1-5H3/t14?,16-,17-,18-,20?/m0/s1. The van der Waals surface area contributed by atoms with Gasteiger partial charge in [-0.2, -0.15) is 0 Å². The molecule has 0 aromatic heterocycles. The van der Waals surface area contributed by atoms with Crippen molar-refractivity contribution in [3.63, 3.8) is 0 Å². The minimum atomic E-state index is -0.592. The number of ether oxygens (including phenoxy) is 3. The maximum atomic E-state index is 6.25. The fourth-order valence-corrected chi connectivity index (χ4v) is 4.03. The van der Waals surface area contributed by atoms with Crippen molar-refractivity contribution in [2.75, 3.05) is 0 Å². The van der Waals surface area contributed by atoms with Gasteiger partial charge in [-0.15, -0.1) is 0 Å². The summed E-state index contributed by atoms with van der Waals surface area (Å²) < 4.78 is 18.6. The first-order valence-electron chi connectivity index (χ1n) is 8.59. The molecule has 5 atom stereocenters. The van der Waals surface area contributed by atoms with E-state index in [1.807, 2.05) is 32.0 Å². The molecule has 0 spiro atoms. The van der Waals surface area contributed by atoms with Gasteiger partial charge in [0.2, 0.25) is 0 Å². The van der Waals surface area contributed by atoms with Crippen molar-refractivity contribution in [2.45, 2.75) is 76.1 Å². The molecule has 1 aromatic rings. The normalized spacial score (nSPS) is 37.4. The van der Waals surface area contributed by atoms with E-state index in [0.717, 1.165) is 11.3 Å². The number of fused-ring (bicyclic) bond motifs is 1. The first-order chi connectivity index (χ1) is 11.4. The van der Waals surface area contributed by atoms with Gasteiger partial charge >= 0.3 is 0 Å². The minimum absolute atomic E-state index is 0.00211. The Balaban J connectivity index is 1.80. The van der Waals surface area contributed by atoms with Crippen LogP contribution in [0.5, 0.6) is 0 Å². The Morgan fingerprint density at radius 1 is 1.12 bits per heavy atom. The SMILES string of the molecule is CCC1(C)C(C)O[C@@H](C#CSc2ccccc2)[C@@H]2OC(C)(C)O[C@@H]21. The third-order valence-corrected chi connectivity index (χ3v) is 5.96. The van der Waals surface area contributed by atoms with Crippen molar-refractivity contribution >= 4 is 11.8 Å². The smallest absolute Gasteiger partial charge is 0.163 e. The molecule has 0 amide bonds. The maximum absolute atomic E-state index is 6.25. The van der Waals surface area contributed by atoms with E-state index < -0.39 is 5.79 Å². The Hall–Kier alpha value is -0.990. The Kier molecular flexibility index (Phi) is 4.99. The molecule has 2 aliphatic heterocycles. The molecule has 2 saturated heterocycles. The molecule has 0 bridgehead atoms. The quantitative estimate of drug-likeness (QED) is 0.583. The topological polar surface area (TPSA) is 27.7 Å². The van der Waals surface area contributed by atoms with Crippen molar-refractivity contribution in [1.29, 1.82) is 0 Å². The zero-order valence-electron chi connectivity index (χ0n) is 15.0. The van der Waals surface area contributed by atoms with Crippen LogP contribution in [-0.2, 0) is 14.2 Å².